The highest BCUT2D eigenvalue weighted by molar-refractivity contribution is 6.30. The predicted molar refractivity (Wildman–Crippen MR) is 174 cm³/mol. The van der Waals surface area contributed by atoms with Crippen molar-refractivity contribution in [3.8, 4) is 0 Å². The molecule has 2 N–H and O–H groups in total. The number of carbonyl (C=O) groups is 4. The summed E-state index contributed by atoms with van der Waals surface area (Å²) in [4.78, 5) is 56.9. The SMILES string of the molecule is O=C(O)[C@@H]1[C@@H](C(=O)O)[C@@H](C(=O)N(Cc2ccccc2)Cc2ccc(Cl)cc2)[C@@H]1C(=O)N(Cc1ccccc1)Cc1ccc(Cl)cc1. The summed E-state index contributed by atoms with van der Waals surface area (Å²) in [5.74, 6) is -10.0. The van der Waals surface area contributed by atoms with E-state index in [1.807, 2.05) is 60.7 Å². The molecule has 4 aromatic rings. The van der Waals surface area contributed by atoms with Crippen LogP contribution in [-0.2, 0) is 45.4 Å². The molecule has 0 aliphatic heterocycles. The Labute approximate surface area is 276 Å². The molecule has 1 aliphatic carbocycles. The highest BCUT2D eigenvalue weighted by Gasteiger charge is 2.64. The first-order valence-electron chi connectivity index (χ1n) is 14.7. The molecule has 46 heavy (non-hydrogen) atoms. The summed E-state index contributed by atoms with van der Waals surface area (Å²) < 4.78 is 0. The van der Waals surface area contributed by atoms with Gasteiger partial charge in [0.2, 0.25) is 11.8 Å². The van der Waals surface area contributed by atoms with Gasteiger partial charge < -0.3 is 20.0 Å². The monoisotopic (exact) mass is 658 g/mol. The number of hydrogen-bond acceptors (Lipinski definition) is 4. The first-order valence-corrected chi connectivity index (χ1v) is 15.5. The number of rotatable bonds is 12. The van der Waals surface area contributed by atoms with Crippen molar-refractivity contribution in [1.29, 1.82) is 0 Å². The molecule has 0 heterocycles. The molecular weight excluding hydrogens is 627 g/mol. The summed E-state index contributed by atoms with van der Waals surface area (Å²) in [7, 11) is 0. The molecule has 236 valence electrons. The standard InChI is InChI=1S/C36H32Cl2N2O6/c37-27-15-11-25(12-16-27)21-39(19-23-7-3-1-4-8-23)33(41)29-30(32(36(45)46)31(29)35(43)44)34(42)40(20-24-9-5-2-6-10-24)22-26-13-17-28(38)18-14-26/h1-18,29-32H,19-22H2,(H,43,44)(H,45,46)/t29-,30-,31-,32-/m0/s1. The molecule has 4 aromatic carbocycles. The van der Waals surface area contributed by atoms with Crippen LogP contribution in [0.5, 0.6) is 0 Å². The molecular formula is C36H32Cl2N2O6. The summed E-state index contributed by atoms with van der Waals surface area (Å²) in [6, 6.07) is 32.2. The molecule has 2 amide bonds. The summed E-state index contributed by atoms with van der Waals surface area (Å²) in [6.07, 6.45) is 0. The van der Waals surface area contributed by atoms with E-state index in [4.69, 9.17) is 23.2 Å². The highest BCUT2D eigenvalue weighted by Crippen LogP contribution is 2.49. The van der Waals surface area contributed by atoms with Crippen LogP contribution in [0.3, 0.4) is 0 Å². The zero-order valence-electron chi connectivity index (χ0n) is 24.7. The summed E-state index contributed by atoms with van der Waals surface area (Å²) in [5, 5.41) is 21.5. The number of aliphatic carboxylic acids is 2. The van der Waals surface area contributed by atoms with E-state index >= 15 is 0 Å². The molecule has 0 aromatic heterocycles. The number of amides is 2. The number of benzene rings is 4. The van der Waals surface area contributed by atoms with E-state index in [-0.39, 0.29) is 26.2 Å². The second kappa shape index (κ2) is 14.6. The summed E-state index contributed by atoms with van der Waals surface area (Å²) in [5.41, 5.74) is 3.07. The largest absolute Gasteiger partial charge is 0.481 e. The van der Waals surface area contributed by atoms with Gasteiger partial charge in [0.25, 0.3) is 0 Å². The second-order valence-corrected chi connectivity index (χ2v) is 12.3. The molecule has 10 heteroatoms. The number of hydrogen-bond donors (Lipinski definition) is 2. The lowest BCUT2D eigenvalue weighted by Crippen LogP contribution is -2.64. The van der Waals surface area contributed by atoms with Crippen LogP contribution in [0.25, 0.3) is 0 Å². The lowest BCUT2D eigenvalue weighted by Gasteiger charge is -2.48. The van der Waals surface area contributed by atoms with Crippen molar-refractivity contribution in [2.24, 2.45) is 23.7 Å². The van der Waals surface area contributed by atoms with E-state index in [1.54, 1.807) is 48.5 Å². The van der Waals surface area contributed by atoms with Crippen LogP contribution < -0.4 is 0 Å². The Bertz CT molecular complexity index is 1560. The number of carbonyl (C=O) groups excluding carboxylic acids is 2. The zero-order valence-corrected chi connectivity index (χ0v) is 26.2. The molecule has 0 unspecified atom stereocenters. The van der Waals surface area contributed by atoms with Crippen molar-refractivity contribution in [2.45, 2.75) is 26.2 Å². The number of halogens is 2. The van der Waals surface area contributed by atoms with Gasteiger partial charge in [-0.15, -0.1) is 0 Å². The average Bonchev–Trinajstić information content (AvgIpc) is 3.02. The first kappa shape index (κ1) is 32.7. The van der Waals surface area contributed by atoms with Crippen LogP contribution in [0.4, 0.5) is 0 Å². The molecule has 0 bridgehead atoms. The van der Waals surface area contributed by atoms with E-state index < -0.39 is 47.4 Å². The normalized spacial score (nSPS) is 18.7. The molecule has 4 atom stereocenters. The molecule has 1 fully saturated rings. The second-order valence-electron chi connectivity index (χ2n) is 11.4. The van der Waals surface area contributed by atoms with Crippen molar-refractivity contribution in [1.82, 2.24) is 9.80 Å². The van der Waals surface area contributed by atoms with Crippen LogP contribution in [0.15, 0.2) is 109 Å². The van der Waals surface area contributed by atoms with Gasteiger partial charge in [-0.3, -0.25) is 19.2 Å². The van der Waals surface area contributed by atoms with Crippen molar-refractivity contribution in [2.75, 3.05) is 0 Å². The number of carboxylic acid groups (broad SMARTS) is 2. The Hall–Kier alpha value is -4.66. The summed E-state index contributed by atoms with van der Waals surface area (Å²) in [6.45, 7) is 0.459. The predicted octanol–water partition coefficient (Wildman–Crippen LogP) is 6.40. The fourth-order valence-corrected chi connectivity index (χ4v) is 6.30. The van der Waals surface area contributed by atoms with Crippen LogP contribution in [-0.4, -0.2) is 43.8 Å². The van der Waals surface area contributed by atoms with Crippen molar-refractivity contribution in [3.63, 3.8) is 0 Å². The molecule has 1 saturated carbocycles. The van der Waals surface area contributed by atoms with Gasteiger partial charge in [0, 0.05) is 36.2 Å². The molecule has 8 nitrogen and oxygen atoms in total. The minimum absolute atomic E-state index is 0.102. The van der Waals surface area contributed by atoms with Gasteiger partial charge in [0.05, 0.1) is 23.7 Å². The van der Waals surface area contributed by atoms with Gasteiger partial charge in [0.1, 0.15) is 0 Å². The smallest absolute Gasteiger partial charge is 0.308 e. The van der Waals surface area contributed by atoms with E-state index in [9.17, 15) is 29.4 Å². The van der Waals surface area contributed by atoms with Gasteiger partial charge >= 0.3 is 11.9 Å². The van der Waals surface area contributed by atoms with E-state index in [0.717, 1.165) is 22.3 Å². The summed E-state index contributed by atoms with van der Waals surface area (Å²) >= 11 is 12.2. The third-order valence-corrected chi connectivity index (χ3v) is 8.82. The van der Waals surface area contributed by atoms with Gasteiger partial charge in [-0.25, -0.2) is 0 Å². The van der Waals surface area contributed by atoms with E-state index in [2.05, 4.69) is 0 Å². The highest BCUT2D eigenvalue weighted by atomic mass is 35.5. The Balaban J connectivity index is 1.52. The Morgan fingerprint density at radius 3 is 1.02 bits per heavy atom. The number of nitrogens with zero attached hydrogens (tertiary/aromatic N) is 2. The lowest BCUT2D eigenvalue weighted by atomic mass is 9.55. The van der Waals surface area contributed by atoms with Gasteiger partial charge in [-0.2, -0.15) is 0 Å². The van der Waals surface area contributed by atoms with Gasteiger partial charge in [0.15, 0.2) is 0 Å². The third kappa shape index (κ3) is 7.58. The van der Waals surface area contributed by atoms with Crippen LogP contribution in [0, 0.1) is 23.7 Å². The third-order valence-electron chi connectivity index (χ3n) is 8.32. The average molecular weight is 660 g/mol. The molecule has 0 saturated heterocycles. The molecule has 0 radical (unpaired) electrons. The van der Waals surface area contributed by atoms with E-state index in [1.165, 1.54) is 9.80 Å². The number of carboxylic acids is 2. The van der Waals surface area contributed by atoms with Crippen molar-refractivity contribution in [3.05, 3.63) is 141 Å². The van der Waals surface area contributed by atoms with Crippen LogP contribution in [0.2, 0.25) is 10.0 Å². The van der Waals surface area contributed by atoms with Crippen molar-refractivity contribution < 1.29 is 29.4 Å². The Kier molecular flexibility index (Phi) is 10.4. The maximum Gasteiger partial charge on any atom is 0.308 e. The molecule has 5 rings (SSSR count). The van der Waals surface area contributed by atoms with Crippen LogP contribution >= 0.6 is 23.2 Å². The van der Waals surface area contributed by atoms with Gasteiger partial charge in [-0.1, -0.05) is 108 Å². The lowest BCUT2D eigenvalue weighted by molar-refractivity contribution is -0.188. The van der Waals surface area contributed by atoms with Crippen molar-refractivity contribution >= 4 is 47.0 Å². The Morgan fingerprint density at radius 2 is 0.739 bits per heavy atom. The fourth-order valence-electron chi connectivity index (χ4n) is 6.05. The minimum atomic E-state index is -1.59. The first-order chi connectivity index (χ1) is 22.1. The Morgan fingerprint density at radius 1 is 0.457 bits per heavy atom. The zero-order chi connectivity index (χ0) is 32.8. The quantitative estimate of drug-likeness (QED) is 0.182. The minimum Gasteiger partial charge on any atom is -0.481 e. The maximum atomic E-state index is 14.4. The van der Waals surface area contributed by atoms with E-state index in [0.29, 0.717) is 10.0 Å². The topological polar surface area (TPSA) is 115 Å². The van der Waals surface area contributed by atoms with Crippen LogP contribution in [0.1, 0.15) is 22.3 Å². The van der Waals surface area contributed by atoms with Gasteiger partial charge in [-0.05, 0) is 46.5 Å². The fraction of sp³-hybridized carbons (Fsp3) is 0.222. The molecule has 0 spiro atoms. The maximum absolute atomic E-state index is 14.4. The molecule has 1 aliphatic rings.